The van der Waals surface area contributed by atoms with Crippen molar-refractivity contribution in [2.45, 2.75) is 33.9 Å². The average molecular weight is 453 g/mol. The van der Waals surface area contributed by atoms with E-state index < -0.39 is 0 Å². The summed E-state index contributed by atoms with van der Waals surface area (Å²) in [7, 11) is 0. The molecule has 32 heavy (non-hydrogen) atoms. The molecule has 1 fully saturated rings. The molecule has 1 aliphatic heterocycles. The summed E-state index contributed by atoms with van der Waals surface area (Å²) in [6.07, 6.45) is 0. The number of nitrogens with zero attached hydrogens (tertiary/aromatic N) is 2. The highest BCUT2D eigenvalue weighted by Crippen LogP contribution is 2.26. The molecule has 1 aliphatic rings. The van der Waals surface area contributed by atoms with Gasteiger partial charge in [0, 0.05) is 38.3 Å². The number of hydrogen-bond donors (Lipinski definition) is 0. The van der Waals surface area contributed by atoms with Gasteiger partial charge >= 0.3 is 0 Å². The monoisotopic (exact) mass is 452 g/mol. The van der Waals surface area contributed by atoms with E-state index in [9.17, 15) is 9.18 Å². The molecule has 0 aliphatic carbocycles. The van der Waals surface area contributed by atoms with Crippen LogP contribution in [-0.4, -0.2) is 41.9 Å². The third-order valence-electron chi connectivity index (χ3n) is 5.83. The van der Waals surface area contributed by atoms with Crippen LogP contribution in [0.2, 0.25) is 0 Å². The Labute approximate surface area is 193 Å². The van der Waals surface area contributed by atoms with Gasteiger partial charge in [0.15, 0.2) is 0 Å². The van der Waals surface area contributed by atoms with Crippen LogP contribution in [0.4, 0.5) is 4.39 Å². The van der Waals surface area contributed by atoms with Crippen molar-refractivity contribution in [1.82, 2.24) is 9.80 Å². The SMILES string of the molecule is Cc1cc(C)c(OCc2csc(C(=O)N3CCN(Cc4ccc(F)cc4)CC3)c2)c(C)c1. The number of benzene rings is 2. The van der Waals surface area contributed by atoms with E-state index >= 15 is 0 Å². The first-order chi connectivity index (χ1) is 15.4. The maximum absolute atomic E-state index is 13.1. The second kappa shape index (κ2) is 9.84. The molecule has 2 heterocycles. The first kappa shape index (κ1) is 22.5. The average Bonchev–Trinajstić information content (AvgIpc) is 3.24. The fourth-order valence-electron chi connectivity index (χ4n) is 4.23. The number of ether oxygens (including phenoxy) is 1. The lowest BCUT2D eigenvalue weighted by Gasteiger charge is -2.34. The van der Waals surface area contributed by atoms with Crippen molar-refractivity contribution < 1.29 is 13.9 Å². The third-order valence-corrected chi connectivity index (χ3v) is 6.80. The first-order valence-corrected chi connectivity index (χ1v) is 11.8. The van der Waals surface area contributed by atoms with Crippen molar-refractivity contribution >= 4 is 17.2 Å². The molecule has 0 radical (unpaired) electrons. The number of thiophene rings is 1. The zero-order chi connectivity index (χ0) is 22.7. The number of rotatable bonds is 6. The molecule has 168 valence electrons. The molecule has 0 atom stereocenters. The smallest absolute Gasteiger partial charge is 0.264 e. The molecule has 0 saturated carbocycles. The van der Waals surface area contributed by atoms with Gasteiger partial charge in [0.05, 0.1) is 4.88 Å². The van der Waals surface area contributed by atoms with Crippen LogP contribution in [-0.2, 0) is 13.2 Å². The van der Waals surface area contributed by atoms with Gasteiger partial charge in [-0.1, -0.05) is 29.8 Å². The molecule has 4 rings (SSSR count). The fourth-order valence-corrected chi connectivity index (χ4v) is 5.09. The summed E-state index contributed by atoms with van der Waals surface area (Å²) >= 11 is 1.48. The number of piperazine rings is 1. The van der Waals surface area contributed by atoms with Gasteiger partial charge in [-0.2, -0.15) is 0 Å². The Morgan fingerprint density at radius 3 is 2.28 bits per heavy atom. The minimum absolute atomic E-state index is 0.0883. The molecule has 4 nitrogen and oxygen atoms in total. The molecule has 0 bridgehead atoms. The van der Waals surface area contributed by atoms with Gasteiger partial charge in [-0.05, 0) is 61.0 Å². The lowest BCUT2D eigenvalue weighted by Crippen LogP contribution is -2.48. The molecule has 1 aromatic heterocycles. The molecule has 1 amide bonds. The van der Waals surface area contributed by atoms with Crippen molar-refractivity contribution in [2.75, 3.05) is 26.2 Å². The van der Waals surface area contributed by atoms with Gasteiger partial charge in [0.25, 0.3) is 5.91 Å². The van der Waals surface area contributed by atoms with Crippen molar-refractivity contribution in [1.29, 1.82) is 0 Å². The van der Waals surface area contributed by atoms with Crippen LogP contribution in [0.3, 0.4) is 0 Å². The number of aryl methyl sites for hydroxylation is 3. The van der Waals surface area contributed by atoms with Gasteiger partial charge in [0.2, 0.25) is 0 Å². The Kier molecular flexibility index (Phi) is 6.92. The Morgan fingerprint density at radius 1 is 0.969 bits per heavy atom. The zero-order valence-corrected chi connectivity index (χ0v) is 19.7. The summed E-state index contributed by atoms with van der Waals surface area (Å²) in [4.78, 5) is 18.0. The number of carbonyl (C=O) groups excluding carboxylic acids is 1. The predicted octanol–water partition coefficient (Wildman–Crippen LogP) is 5.35. The fraction of sp³-hybridized carbons (Fsp3) is 0.346. The van der Waals surface area contributed by atoms with Gasteiger partial charge in [-0.3, -0.25) is 9.69 Å². The van der Waals surface area contributed by atoms with E-state index in [4.69, 9.17) is 4.74 Å². The minimum Gasteiger partial charge on any atom is -0.488 e. The maximum Gasteiger partial charge on any atom is 0.264 e. The van der Waals surface area contributed by atoms with Crippen LogP contribution in [0, 0.1) is 26.6 Å². The van der Waals surface area contributed by atoms with Crippen molar-refractivity contribution in [2.24, 2.45) is 0 Å². The van der Waals surface area contributed by atoms with Gasteiger partial charge < -0.3 is 9.64 Å². The van der Waals surface area contributed by atoms with Crippen LogP contribution in [0.15, 0.2) is 47.8 Å². The van der Waals surface area contributed by atoms with Crippen LogP contribution < -0.4 is 4.74 Å². The van der Waals surface area contributed by atoms with E-state index in [1.807, 2.05) is 28.5 Å². The van der Waals surface area contributed by atoms with Crippen LogP contribution in [0.1, 0.15) is 37.5 Å². The Morgan fingerprint density at radius 2 is 1.62 bits per heavy atom. The van der Waals surface area contributed by atoms with Crippen LogP contribution in [0.25, 0.3) is 0 Å². The first-order valence-electron chi connectivity index (χ1n) is 10.9. The third kappa shape index (κ3) is 5.37. The van der Waals surface area contributed by atoms with E-state index in [-0.39, 0.29) is 11.7 Å². The Bertz CT molecular complexity index is 1060. The molecule has 6 heteroatoms. The van der Waals surface area contributed by atoms with Crippen molar-refractivity contribution in [3.8, 4) is 5.75 Å². The Balaban J connectivity index is 1.30. The number of carbonyl (C=O) groups is 1. The summed E-state index contributed by atoms with van der Waals surface area (Å²) in [6, 6.07) is 12.8. The highest BCUT2D eigenvalue weighted by molar-refractivity contribution is 7.12. The van der Waals surface area contributed by atoms with Gasteiger partial charge in [-0.25, -0.2) is 4.39 Å². The lowest BCUT2D eigenvalue weighted by atomic mass is 10.1. The summed E-state index contributed by atoms with van der Waals surface area (Å²) < 4.78 is 19.2. The van der Waals surface area contributed by atoms with E-state index in [1.54, 1.807) is 0 Å². The number of hydrogen-bond acceptors (Lipinski definition) is 4. The van der Waals surface area contributed by atoms with E-state index in [0.29, 0.717) is 19.7 Å². The van der Waals surface area contributed by atoms with Gasteiger partial charge in [-0.15, -0.1) is 11.3 Å². The molecule has 1 saturated heterocycles. The largest absolute Gasteiger partial charge is 0.488 e. The Hall–Kier alpha value is -2.70. The lowest BCUT2D eigenvalue weighted by molar-refractivity contribution is 0.0633. The second-order valence-corrected chi connectivity index (χ2v) is 9.44. The summed E-state index contributed by atoms with van der Waals surface area (Å²) in [6.45, 7) is 10.5. The van der Waals surface area contributed by atoms with Crippen LogP contribution >= 0.6 is 11.3 Å². The minimum atomic E-state index is -0.214. The second-order valence-electron chi connectivity index (χ2n) is 8.53. The molecular formula is C26H29FN2O2S. The molecular weight excluding hydrogens is 423 g/mol. The highest BCUT2D eigenvalue weighted by Gasteiger charge is 2.23. The van der Waals surface area contributed by atoms with E-state index in [0.717, 1.165) is 52.5 Å². The normalized spacial score (nSPS) is 14.6. The van der Waals surface area contributed by atoms with Crippen molar-refractivity contribution in [3.05, 3.63) is 86.4 Å². The zero-order valence-electron chi connectivity index (χ0n) is 18.9. The predicted molar refractivity (Wildman–Crippen MR) is 127 cm³/mol. The quantitative estimate of drug-likeness (QED) is 0.505. The van der Waals surface area contributed by atoms with E-state index in [1.165, 1.54) is 29.0 Å². The standard InChI is InChI=1S/C26H29FN2O2S/c1-18-12-19(2)25(20(3)13-18)31-16-22-14-24(32-17-22)26(30)29-10-8-28(9-11-29)15-21-4-6-23(27)7-5-21/h4-7,12-14,17H,8-11,15-16H2,1-3H3. The highest BCUT2D eigenvalue weighted by atomic mass is 32.1. The molecule has 0 unspecified atom stereocenters. The molecule has 2 aromatic carbocycles. The summed E-state index contributed by atoms with van der Waals surface area (Å²) in [5.41, 5.74) is 5.61. The topological polar surface area (TPSA) is 32.8 Å². The number of halogens is 1. The van der Waals surface area contributed by atoms with E-state index in [2.05, 4.69) is 37.8 Å². The summed E-state index contributed by atoms with van der Waals surface area (Å²) in [5, 5.41) is 2.01. The molecule has 0 spiro atoms. The molecule has 0 N–H and O–H groups in total. The molecule has 3 aromatic rings. The van der Waals surface area contributed by atoms with Crippen LogP contribution in [0.5, 0.6) is 5.75 Å². The maximum atomic E-state index is 13.1. The summed E-state index contributed by atoms with van der Waals surface area (Å²) in [5.74, 6) is 0.798. The van der Waals surface area contributed by atoms with Crippen molar-refractivity contribution in [3.63, 3.8) is 0 Å². The number of amides is 1. The van der Waals surface area contributed by atoms with Gasteiger partial charge in [0.1, 0.15) is 18.2 Å².